The molecule has 10 heteroatoms. The zero-order chi connectivity index (χ0) is 16.4. The number of nitrogens with zero attached hydrogens (tertiary/aromatic N) is 1. The number of pyridine rings is 1. The zero-order valence-electron chi connectivity index (χ0n) is 10.7. The number of halogens is 6. The maximum Gasteiger partial charge on any atom is 0.434 e. The summed E-state index contributed by atoms with van der Waals surface area (Å²) in [6, 6.07) is 0.210. The Hall–Kier alpha value is -2.00. The summed E-state index contributed by atoms with van der Waals surface area (Å²) in [5.41, 5.74) is -5.02. The van der Waals surface area contributed by atoms with Crippen LogP contribution in [0.15, 0.2) is 6.07 Å². The first-order valence-electron chi connectivity index (χ1n) is 5.42. The lowest BCUT2D eigenvalue weighted by atomic mass is 10.1. The van der Waals surface area contributed by atoms with Crippen molar-refractivity contribution >= 4 is 5.97 Å². The summed E-state index contributed by atoms with van der Waals surface area (Å²) in [6.07, 6.45) is -10.4. The molecule has 0 unspecified atom stereocenters. The maximum absolute atomic E-state index is 12.8. The van der Waals surface area contributed by atoms with Crippen molar-refractivity contribution in [2.75, 3.05) is 13.7 Å². The van der Waals surface area contributed by atoms with Crippen LogP contribution in [0.25, 0.3) is 0 Å². The standard InChI is InChI=1S/C11H9F6NO3/c1-3-21-9(19)7-5(20-2)4-6(10(12,13)14)18-8(7)11(15,16)17/h4H,3H2,1-2H3. The molecule has 21 heavy (non-hydrogen) atoms. The van der Waals surface area contributed by atoms with Gasteiger partial charge >= 0.3 is 18.3 Å². The lowest BCUT2D eigenvalue weighted by Gasteiger charge is -2.17. The van der Waals surface area contributed by atoms with E-state index in [4.69, 9.17) is 0 Å². The Bertz CT molecular complexity index is 538. The Balaban J connectivity index is 3.65. The van der Waals surface area contributed by atoms with Gasteiger partial charge in [0.2, 0.25) is 0 Å². The molecular weight excluding hydrogens is 308 g/mol. The van der Waals surface area contributed by atoms with Gasteiger partial charge < -0.3 is 9.47 Å². The number of esters is 1. The Morgan fingerprint density at radius 2 is 1.76 bits per heavy atom. The van der Waals surface area contributed by atoms with Crippen LogP contribution in [0.4, 0.5) is 26.3 Å². The summed E-state index contributed by atoms with van der Waals surface area (Å²) in [4.78, 5) is 14.0. The van der Waals surface area contributed by atoms with Crippen LogP contribution in [0.2, 0.25) is 0 Å². The molecule has 0 aliphatic carbocycles. The summed E-state index contributed by atoms with van der Waals surface area (Å²) in [6.45, 7) is 1.06. The van der Waals surface area contributed by atoms with Crippen molar-refractivity contribution in [2.45, 2.75) is 19.3 Å². The molecule has 1 heterocycles. The van der Waals surface area contributed by atoms with Gasteiger partial charge in [0.15, 0.2) is 5.69 Å². The monoisotopic (exact) mass is 317 g/mol. The Morgan fingerprint density at radius 1 is 1.19 bits per heavy atom. The lowest BCUT2D eigenvalue weighted by Crippen LogP contribution is -2.22. The summed E-state index contributed by atoms with van der Waals surface area (Å²) >= 11 is 0. The molecule has 4 nitrogen and oxygen atoms in total. The number of carbonyl (C=O) groups is 1. The number of methoxy groups -OCH3 is 1. The van der Waals surface area contributed by atoms with Crippen molar-refractivity contribution in [2.24, 2.45) is 0 Å². The van der Waals surface area contributed by atoms with E-state index in [1.165, 1.54) is 6.92 Å². The van der Waals surface area contributed by atoms with Gasteiger partial charge in [0.05, 0.1) is 13.7 Å². The molecule has 0 fully saturated rings. The Kier molecular flexibility index (Phi) is 4.69. The number of ether oxygens (including phenoxy) is 2. The van der Waals surface area contributed by atoms with Crippen LogP contribution in [-0.4, -0.2) is 24.7 Å². The molecule has 0 N–H and O–H groups in total. The number of alkyl halides is 6. The molecule has 0 saturated heterocycles. The highest BCUT2D eigenvalue weighted by Gasteiger charge is 2.44. The van der Waals surface area contributed by atoms with Crippen LogP contribution in [0, 0.1) is 0 Å². The molecule has 1 aromatic heterocycles. The molecule has 0 radical (unpaired) electrons. The third-order valence-electron chi connectivity index (χ3n) is 2.24. The van der Waals surface area contributed by atoms with Gasteiger partial charge in [-0.3, -0.25) is 0 Å². The van der Waals surface area contributed by atoms with Gasteiger partial charge in [0.1, 0.15) is 17.0 Å². The number of carbonyl (C=O) groups excluding carboxylic acids is 1. The van der Waals surface area contributed by atoms with Crippen LogP contribution >= 0.6 is 0 Å². The van der Waals surface area contributed by atoms with Gasteiger partial charge in [-0.15, -0.1) is 0 Å². The summed E-state index contributed by atoms with van der Waals surface area (Å²) in [5.74, 6) is -2.38. The topological polar surface area (TPSA) is 48.4 Å². The fraction of sp³-hybridized carbons (Fsp3) is 0.455. The summed E-state index contributed by atoms with van der Waals surface area (Å²) in [7, 11) is 0.832. The molecule has 0 aromatic carbocycles. The second-order valence-electron chi connectivity index (χ2n) is 3.65. The number of aromatic nitrogens is 1. The molecule has 0 aliphatic heterocycles. The van der Waals surface area contributed by atoms with Gasteiger partial charge in [-0.05, 0) is 6.92 Å². The van der Waals surface area contributed by atoms with E-state index < -0.39 is 41.0 Å². The van der Waals surface area contributed by atoms with Crippen molar-refractivity contribution in [3.63, 3.8) is 0 Å². The van der Waals surface area contributed by atoms with E-state index in [0.29, 0.717) is 0 Å². The number of rotatable bonds is 3. The predicted molar refractivity (Wildman–Crippen MR) is 56.7 cm³/mol. The van der Waals surface area contributed by atoms with E-state index in [-0.39, 0.29) is 12.7 Å². The smallest absolute Gasteiger partial charge is 0.434 e. The van der Waals surface area contributed by atoms with Crippen molar-refractivity contribution in [1.29, 1.82) is 0 Å². The van der Waals surface area contributed by atoms with E-state index in [0.717, 1.165) is 7.11 Å². The molecular formula is C11H9F6NO3. The molecule has 0 aliphatic rings. The number of hydrogen-bond donors (Lipinski definition) is 0. The Labute approximate surface area is 114 Å². The molecule has 0 amide bonds. The van der Waals surface area contributed by atoms with Gasteiger partial charge in [-0.2, -0.15) is 26.3 Å². The van der Waals surface area contributed by atoms with E-state index in [1.807, 2.05) is 0 Å². The third-order valence-corrected chi connectivity index (χ3v) is 2.24. The highest BCUT2D eigenvalue weighted by Crippen LogP contribution is 2.39. The summed E-state index contributed by atoms with van der Waals surface area (Å²) < 4.78 is 85.0. The minimum Gasteiger partial charge on any atom is -0.496 e. The van der Waals surface area contributed by atoms with Crippen LogP contribution in [0.5, 0.6) is 5.75 Å². The first-order chi connectivity index (χ1) is 9.52. The first-order valence-corrected chi connectivity index (χ1v) is 5.42. The fourth-order valence-corrected chi connectivity index (χ4v) is 1.43. The predicted octanol–water partition coefficient (Wildman–Crippen LogP) is 3.30. The lowest BCUT2D eigenvalue weighted by molar-refractivity contribution is -0.150. The second-order valence-corrected chi connectivity index (χ2v) is 3.65. The van der Waals surface area contributed by atoms with Gasteiger partial charge in [-0.25, -0.2) is 9.78 Å². The largest absolute Gasteiger partial charge is 0.496 e. The average Bonchev–Trinajstić information content (AvgIpc) is 2.35. The van der Waals surface area contributed by atoms with Crippen LogP contribution < -0.4 is 4.74 Å². The molecule has 1 aromatic rings. The fourth-order valence-electron chi connectivity index (χ4n) is 1.43. The van der Waals surface area contributed by atoms with Crippen molar-refractivity contribution in [1.82, 2.24) is 4.98 Å². The van der Waals surface area contributed by atoms with Crippen molar-refractivity contribution < 1.29 is 40.6 Å². The average molecular weight is 317 g/mol. The van der Waals surface area contributed by atoms with Crippen LogP contribution in [0.3, 0.4) is 0 Å². The molecule has 0 atom stereocenters. The molecule has 1 rings (SSSR count). The van der Waals surface area contributed by atoms with E-state index in [1.54, 1.807) is 0 Å². The van der Waals surface area contributed by atoms with Crippen LogP contribution in [-0.2, 0) is 17.1 Å². The van der Waals surface area contributed by atoms with Gasteiger partial charge in [-0.1, -0.05) is 0 Å². The minimum atomic E-state index is -5.28. The van der Waals surface area contributed by atoms with Crippen LogP contribution in [0.1, 0.15) is 28.7 Å². The third kappa shape index (κ3) is 3.76. The zero-order valence-corrected chi connectivity index (χ0v) is 10.7. The first kappa shape index (κ1) is 17.1. The van der Waals surface area contributed by atoms with Gasteiger partial charge in [0.25, 0.3) is 0 Å². The van der Waals surface area contributed by atoms with Crippen molar-refractivity contribution in [3.8, 4) is 5.75 Å². The molecule has 0 bridgehead atoms. The molecule has 0 saturated carbocycles. The summed E-state index contributed by atoms with van der Waals surface area (Å²) in [5, 5.41) is 0. The quantitative estimate of drug-likeness (QED) is 0.634. The maximum atomic E-state index is 12.8. The Morgan fingerprint density at radius 3 is 2.14 bits per heavy atom. The van der Waals surface area contributed by atoms with E-state index in [2.05, 4.69) is 14.5 Å². The normalized spacial score (nSPS) is 12.2. The van der Waals surface area contributed by atoms with Crippen molar-refractivity contribution in [3.05, 3.63) is 23.0 Å². The minimum absolute atomic E-state index is 0.210. The number of hydrogen-bond acceptors (Lipinski definition) is 4. The second kappa shape index (κ2) is 5.78. The molecule has 118 valence electrons. The van der Waals surface area contributed by atoms with E-state index >= 15 is 0 Å². The highest BCUT2D eigenvalue weighted by molar-refractivity contribution is 5.94. The SMILES string of the molecule is CCOC(=O)c1c(OC)cc(C(F)(F)F)nc1C(F)(F)F. The highest BCUT2D eigenvalue weighted by atomic mass is 19.4. The molecule has 0 spiro atoms. The van der Waals surface area contributed by atoms with Gasteiger partial charge in [0, 0.05) is 6.07 Å². The van der Waals surface area contributed by atoms with E-state index in [9.17, 15) is 31.1 Å².